The molecular weight excluding hydrogens is 305 g/mol. The van der Waals surface area contributed by atoms with Crippen molar-refractivity contribution in [3.8, 4) is 0 Å². The van der Waals surface area contributed by atoms with Crippen LogP contribution in [0.15, 0.2) is 30.6 Å². The maximum Gasteiger partial charge on any atom is 0.127 e. The van der Waals surface area contributed by atoms with Gasteiger partial charge < -0.3 is 9.30 Å². The SMILES string of the molecule is COCC1CN(Cc2ccccc2F)Cc2ncn(CC3CC3)c21. The summed E-state index contributed by atoms with van der Waals surface area (Å²) < 4.78 is 21.8. The van der Waals surface area contributed by atoms with Gasteiger partial charge in [-0.25, -0.2) is 9.37 Å². The van der Waals surface area contributed by atoms with Crippen molar-refractivity contribution >= 4 is 0 Å². The van der Waals surface area contributed by atoms with Crippen LogP contribution in [-0.4, -0.2) is 34.7 Å². The van der Waals surface area contributed by atoms with Crippen LogP contribution in [0.4, 0.5) is 4.39 Å². The largest absolute Gasteiger partial charge is 0.384 e. The molecule has 0 saturated heterocycles. The van der Waals surface area contributed by atoms with Gasteiger partial charge in [0, 0.05) is 50.5 Å². The van der Waals surface area contributed by atoms with Crippen LogP contribution in [0.1, 0.15) is 35.7 Å². The van der Waals surface area contributed by atoms with Crippen molar-refractivity contribution in [1.29, 1.82) is 0 Å². The maximum absolute atomic E-state index is 14.0. The van der Waals surface area contributed by atoms with E-state index in [2.05, 4.69) is 14.5 Å². The van der Waals surface area contributed by atoms with Crippen molar-refractivity contribution in [2.45, 2.75) is 38.4 Å². The summed E-state index contributed by atoms with van der Waals surface area (Å²) in [5, 5.41) is 0. The Morgan fingerprint density at radius 2 is 2.12 bits per heavy atom. The van der Waals surface area contributed by atoms with E-state index < -0.39 is 0 Å². The quantitative estimate of drug-likeness (QED) is 0.815. The number of hydrogen-bond acceptors (Lipinski definition) is 3. The number of aromatic nitrogens is 2. The minimum absolute atomic E-state index is 0.133. The fourth-order valence-corrected chi connectivity index (χ4v) is 3.74. The van der Waals surface area contributed by atoms with E-state index in [-0.39, 0.29) is 5.82 Å². The minimum atomic E-state index is -0.133. The zero-order chi connectivity index (χ0) is 16.5. The molecule has 1 saturated carbocycles. The second-order valence-electron chi connectivity index (χ2n) is 7.09. The van der Waals surface area contributed by atoms with Crippen LogP contribution in [0, 0.1) is 11.7 Å². The molecule has 0 N–H and O–H groups in total. The molecule has 2 heterocycles. The molecule has 1 unspecified atom stereocenters. The predicted octanol–water partition coefficient (Wildman–Crippen LogP) is 3.18. The summed E-state index contributed by atoms with van der Waals surface area (Å²) in [6, 6.07) is 7.02. The third-order valence-corrected chi connectivity index (χ3v) is 5.07. The lowest BCUT2D eigenvalue weighted by Crippen LogP contribution is -2.36. The molecule has 0 amide bonds. The molecular formula is C19H24FN3O. The molecule has 4 nitrogen and oxygen atoms in total. The van der Waals surface area contributed by atoms with Crippen LogP contribution in [0.25, 0.3) is 0 Å². The number of imidazole rings is 1. The molecule has 2 aliphatic rings. The summed E-state index contributed by atoms with van der Waals surface area (Å²) >= 11 is 0. The number of rotatable bonds is 6. The third kappa shape index (κ3) is 3.23. The van der Waals surface area contributed by atoms with Crippen LogP contribution >= 0.6 is 0 Å². The van der Waals surface area contributed by atoms with Crippen LogP contribution < -0.4 is 0 Å². The highest BCUT2D eigenvalue weighted by molar-refractivity contribution is 5.24. The molecule has 0 spiro atoms. The lowest BCUT2D eigenvalue weighted by atomic mass is 9.98. The monoisotopic (exact) mass is 329 g/mol. The smallest absolute Gasteiger partial charge is 0.127 e. The van der Waals surface area contributed by atoms with Gasteiger partial charge in [-0.05, 0) is 24.8 Å². The van der Waals surface area contributed by atoms with Gasteiger partial charge in [-0.1, -0.05) is 18.2 Å². The predicted molar refractivity (Wildman–Crippen MR) is 90.1 cm³/mol. The summed E-state index contributed by atoms with van der Waals surface area (Å²) in [6.45, 7) is 4.03. The summed E-state index contributed by atoms with van der Waals surface area (Å²) in [6.07, 6.45) is 4.65. The second kappa shape index (κ2) is 6.65. The van der Waals surface area contributed by atoms with Crippen LogP contribution in [0.3, 0.4) is 0 Å². The number of benzene rings is 1. The number of nitrogens with zero attached hydrogens (tertiary/aromatic N) is 3. The van der Waals surface area contributed by atoms with E-state index >= 15 is 0 Å². The van der Waals surface area contributed by atoms with Crippen molar-refractivity contribution in [1.82, 2.24) is 14.5 Å². The molecule has 24 heavy (non-hydrogen) atoms. The lowest BCUT2D eigenvalue weighted by molar-refractivity contribution is 0.131. The van der Waals surface area contributed by atoms with Gasteiger partial charge >= 0.3 is 0 Å². The third-order valence-electron chi connectivity index (χ3n) is 5.07. The summed E-state index contributed by atoms with van der Waals surface area (Å²) in [7, 11) is 1.75. The molecule has 1 aromatic heterocycles. The highest BCUT2D eigenvalue weighted by Gasteiger charge is 2.32. The van der Waals surface area contributed by atoms with E-state index in [4.69, 9.17) is 4.74 Å². The van der Waals surface area contributed by atoms with Gasteiger partial charge in [-0.3, -0.25) is 4.90 Å². The van der Waals surface area contributed by atoms with E-state index in [0.717, 1.165) is 36.8 Å². The molecule has 2 aromatic rings. The first-order valence-electron chi connectivity index (χ1n) is 8.73. The van der Waals surface area contributed by atoms with Gasteiger partial charge in [0.2, 0.25) is 0 Å². The Bertz CT molecular complexity index is 710. The van der Waals surface area contributed by atoms with Crippen molar-refractivity contribution in [3.63, 3.8) is 0 Å². The molecule has 1 aromatic carbocycles. The standard InChI is InChI=1S/C19H24FN3O/c1-24-12-16-10-22(9-15-4-2-3-5-17(15)20)11-18-19(16)23(13-21-18)8-14-6-7-14/h2-5,13-14,16H,6-12H2,1H3. The first-order valence-corrected chi connectivity index (χ1v) is 8.73. The Morgan fingerprint density at radius 1 is 1.29 bits per heavy atom. The van der Waals surface area contributed by atoms with Gasteiger partial charge in [0.15, 0.2) is 0 Å². The molecule has 0 radical (unpaired) electrons. The van der Waals surface area contributed by atoms with Gasteiger partial charge in [0.25, 0.3) is 0 Å². The Balaban J connectivity index is 1.55. The number of hydrogen-bond donors (Lipinski definition) is 0. The average molecular weight is 329 g/mol. The summed E-state index contributed by atoms with van der Waals surface area (Å²) in [5.74, 6) is 0.987. The van der Waals surface area contributed by atoms with E-state index in [1.54, 1.807) is 13.2 Å². The van der Waals surface area contributed by atoms with Gasteiger partial charge in [-0.2, -0.15) is 0 Å². The minimum Gasteiger partial charge on any atom is -0.384 e. The highest BCUT2D eigenvalue weighted by Crippen LogP contribution is 2.34. The summed E-state index contributed by atoms with van der Waals surface area (Å²) in [5.41, 5.74) is 3.20. The Morgan fingerprint density at radius 3 is 2.88 bits per heavy atom. The van der Waals surface area contributed by atoms with E-state index in [0.29, 0.717) is 19.1 Å². The van der Waals surface area contributed by atoms with Crippen molar-refractivity contribution in [3.05, 3.63) is 53.4 Å². The zero-order valence-electron chi connectivity index (χ0n) is 14.1. The first-order chi connectivity index (χ1) is 11.7. The molecule has 1 atom stereocenters. The van der Waals surface area contributed by atoms with Gasteiger partial charge in [-0.15, -0.1) is 0 Å². The molecule has 1 aliphatic carbocycles. The van der Waals surface area contributed by atoms with Gasteiger partial charge in [0.05, 0.1) is 18.6 Å². The summed E-state index contributed by atoms with van der Waals surface area (Å²) in [4.78, 5) is 6.93. The number of methoxy groups -OCH3 is 1. The Kier molecular flexibility index (Phi) is 4.37. The molecule has 0 bridgehead atoms. The van der Waals surface area contributed by atoms with Crippen molar-refractivity contribution < 1.29 is 9.13 Å². The van der Waals surface area contributed by atoms with Crippen molar-refractivity contribution in [2.75, 3.05) is 20.3 Å². The second-order valence-corrected chi connectivity index (χ2v) is 7.09. The fraction of sp³-hybridized carbons (Fsp3) is 0.526. The lowest BCUT2D eigenvalue weighted by Gasteiger charge is -2.33. The zero-order valence-corrected chi connectivity index (χ0v) is 14.1. The van der Waals surface area contributed by atoms with Gasteiger partial charge in [0.1, 0.15) is 5.82 Å². The molecule has 1 fully saturated rings. The fourth-order valence-electron chi connectivity index (χ4n) is 3.74. The van der Waals surface area contributed by atoms with E-state index in [1.807, 2.05) is 18.5 Å². The Hall–Kier alpha value is -1.72. The first kappa shape index (κ1) is 15.8. The molecule has 5 heteroatoms. The number of fused-ring (bicyclic) bond motifs is 1. The van der Waals surface area contributed by atoms with Crippen LogP contribution in [0.2, 0.25) is 0 Å². The maximum atomic E-state index is 14.0. The van der Waals surface area contributed by atoms with Crippen molar-refractivity contribution in [2.24, 2.45) is 5.92 Å². The normalized spacial score (nSPS) is 21.0. The van der Waals surface area contributed by atoms with E-state index in [1.165, 1.54) is 24.6 Å². The Labute approximate surface area is 142 Å². The van der Waals surface area contributed by atoms with Crippen LogP contribution in [0.5, 0.6) is 0 Å². The molecule has 1 aliphatic heterocycles. The number of halogens is 1. The topological polar surface area (TPSA) is 30.3 Å². The average Bonchev–Trinajstić information content (AvgIpc) is 3.29. The molecule has 128 valence electrons. The highest BCUT2D eigenvalue weighted by atomic mass is 19.1. The van der Waals surface area contributed by atoms with Crippen LogP contribution in [-0.2, 0) is 24.4 Å². The van der Waals surface area contributed by atoms with E-state index in [9.17, 15) is 4.39 Å². The number of ether oxygens (including phenoxy) is 1. The molecule has 4 rings (SSSR count).